The molecule has 0 atom stereocenters. The number of benzene rings is 1. The van der Waals surface area contributed by atoms with Gasteiger partial charge >= 0.3 is 6.03 Å². The fourth-order valence-corrected chi connectivity index (χ4v) is 2.72. The number of thioether (sulfide) groups is 1. The van der Waals surface area contributed by atoms with Gasteiger partial charge in [0.05, 0.1) is 0 Å². The Bertz CT molecular complexity index is 397. The van der Waals surface area contributed by atoms with Crippen LogP contribution in [0.2, 0.25) is 0 Å². The molecular formula is C12H17N3OS. The summed E-state index contributed by atoms with van der Waals surface area (Å²) in [6, 6.07) is 8.29. The highest BCUT2D eigenvalue weighted by Crippen LogP contribution is 2.19. The van der Waals surface area contributed by atoms with Gasteiger partial charge in [-0.25, -0.2) is 4.79 Å². The average molecular weight is 251 g/mol. The monoisotopic (exact) mass is 251 g/mol. The first-order valence-electron chi connectivity index (χ1n) is 5.74. The zero-order chi connectivity index (χ0) is 12.1. The summed E-state index contributed by atoms with van der Waals surface area (Å²) in [4.78, 5) is 14.4. The minimum Gasteiger partial charge on any atom is -0.336 e. The van der Waals surface area contributed by atoms with Crippen LogP contribution in [-0.4, -0.2) is 36.3 Å². The Kier molecular flexibility index (Phi) is 4.28. The van der Waals surface area contributed by atoms with Crippen LogP contribution in [0.1, 0.15) is 5.56 Å². The van der Waals surface area contributed by atoms with Gasteiger partial charge in [0.2, 0.25) is 0 Å². The standard InChI is InChI=1S/C12H17N3OS/c13-9-10-2-1-3-11(8-10)17-7-6-15-5-4-14-12(15)16/h1-3,8H,4-7,9,13H2,(H,14,16). The molecule has 0 bridgehead atoms. The van der Waals surface area contributed by atoms with Gasteiger partial charge in [0.15, 0.2) is 0 Å². The van der Waals surface area contributed by atoms with Gasteiger partial charge in [-0.3, -0.25) is 0 Å². The third kappa shape index (κ3) is 3.38. The van der Waals surface area contributed by atoms with Gasteiger partial charge in [-0.05, 0) is 17.7 Å². The van der Waals surface area contributed by atoms with Crippen LogP contribution in [-0.2, 0) is 6.54 Å². The van der Waals surface area contributed by atoms with Crippen LogP contribution < -0.4 is 11.1 Å². The smallest absolute Gasteiger partial charge is 0.317 e. The van der Waals surface area contributed by atoms with Crippen molar-refractivity contribution in [3.05, 3.63) is 29.8 Å². The second-order valence-electron chi connectivity index (χ2n) is 3.92. The molecule has 0 aromatic heterocycles. The first kappa shape index (κ1) is 12.3. The van der Waals surface area contributed by atoms with Crippen LogP contribution >= 0.6 is 11.8 Å². The van der Waals surface area contributed by atoms with E-state index in [-0.39, 0.29) is 6.03 Å². The van der Waals surface area contributed by atoms with E-state index >= 15 is 0 Å². The summed E-state index contributed by atoms with van der Waals surface area (Å²) in [6.07, 6.45) is 0. The zero-order valence-corrected chi connectivity index (χ0v) is 10.5. The quantitative estimate of drug-likeness (QED) is 0.775. The summed E-state index contributed by atoms with van der Waals surface area (Å²) in [5, 5.41) is 2.80. The molecule has 5 heteroatoms. The highest BCUT2D eigenvalue weighted by molar-refractivity contribution is 7.99. The Morgan fingerprint density at radius 2 is 2.35 bits per heavy atom. The van der Waals surface area contributed by atoms with Crippen molar-refractivity contribution in [3.8, 4) is 0 Å². The lowest BCUT2D eigenvalue weighted by Crippen LogP contribution is -2.30. The molecule has 3 N–H and O–H groups in total. The molecule has 92 valence electrons. The van der Waals surface area contributed by atoms with E-state index in [0.717, 1.165) is 31.0 Å². The van der Waals surface area contributed by atoms with Gasteiger partial charge in [0, 0.05) is 36.8 Å². The second kappa shape index (κ2) is 5.93. The predicted molar refractivity (Wildman–Crippen MR) is 70.0 cm³/mol. The number of hydrogen-bond acceptors (Lipinski definition) is 3. The summed E-state index contributed by atoms with van der Waals surface area (Å²) in [5.74, 6) is 0.918. The zero-order valence-electron chi connectivity index (χ0n) is 9.69. The molecule has 1 aromatic carbocycles. The van der Waals surface area contributed by atoms with E-state index in [1.165, 1.54) is 4.90 Å². The number of nitrogens with two attached hydrogens (primary N) is 1. The maximum atomic E-state index is 11.3. The minimum atomic E-state index is 0.0568. The average Bonchev–Trinajstić information content (AvgIpc) is 2.76. The Morgan fingerprint density at radius 1 is 1.47 bits per heavy atom. The molecule has 1 saturated heterocycles. The number of hydrogen-bond donors (Lipinski definition) is 2. The van der Waals surface area contributed by atoms with E-state index in [0.29, 0.717) is 6.54 Å². The molecule has 0 aliphatic carbocycles. The van der Waals surface area contributed by atoms with E-state index < -0.39 is 0 Å². The molecule has 1 heterocycles. The minimum absolute atomic E-state index is 0.0568. The molecular weight excluding hydrogens is 234 g/mol. The summed E-state index contributed by atoms with van der Waals surface area (Å²) >= 11 is 1.76. The molecule has 0 saturated carbocycles. The van der Waals surface area contributed by atoms with Crippen molar-refractivity contribution >= 4 is 17.8 Å². The van der Waals surface area contributed by atoms with E-state index in [9.17, 15) is 4.79 Å². The molecule has 1 aromatic rings. The van der Waals surface area contributed by atoms with Crippen molar-refractivity contribution in [1.82, 2.24) is 10.2 Å². The molecule has 2 amide bonds. The van der Waals surface area contributed by atoms with Gasteiger partial charge in [-0.1, -0.05) is 12.1 Å². The van der Waals surface area contributed by atoms with Crippen molar-refractivity contribution < 1.29 is 4.79 Å². The number of amides is 2. The Balaban J connectivity index is 1.79. The Labute approximate surface area is 106 Å². The molecule has 2 rings (SSSR count). The molecule has 0 unspecified atom stereocenters. The van der Waals surface area contributed by atoms with Crippen molar-refractivity contribution in [2.75, 3.05) is 25.4 Å². The normalized spacial score (nSPS) is 15.1. The van der Waals surface area contributed by atoms with Crippen molar-refractivity contribution in [3.63, 3.8) is 0 Å². The van der Waals surface area contributed by atoms with Gasteiger partial charge in [0.1, 0.15) is 0 Å². The van der Waals surface area contributed by atoms with E-state index in [2.05, 4.69) is 17.4 Å². The van der Waals surface area contributed by atoms with Crippen LogP contribution in [0.15, 0.2) is 29.2 Å². The number of carbonyl (C=O) groups is 1. The molecule has 0 radical (unpaired) electrons. The van der Waals surface area contributed by atoms with Crippen LogP contribution in [0, 0.1) is 0 Å². The third-order valence-corrected chi connectivity index (χ3v) is 3.68. The van der Waals surface area contributed by atoms with Crippen LogP contribution in [0.3, 0.4) is 0 Å². The van der Waals surface area contributed by atoms with Gasteiger partial charge in [0.25, 0.3) is 0 Å². The Hall–Kier alpha value is -1.20. The topological polar surface area (TPSA) is 58.4 Å². The lowest BCUT2D eigenvalue weighted by molar-refractivity contribution is 0.220. The summed E-state index contributed by atoms with van der Waals surface area (Å²) in [5.41, 5.74) is 6.74. The van der Waals surface area contributed by atoms with Gasteiger partial charge < -0.3 is 16.0 Å². The van der Waals surface area contributed by atoms with Crippen LogP contribution in [0.25, 0.3) is 0 Å². The molecule has 1 aliphatic rings. The molecule has 1 fully saturated rings. The fourth-order valence-electron chi connectivity index (χ4n) is 1.76. The number of urea groups is 1. The van der Waals surface area contributed by atoms with Gasteiger partial charge in [-0.15, -0.1) is 11.8 Å². The second-order valence-corrected chi connectivity index (χ2v) is 5.09. The SMILES string of the molecule is NCc1cccc(SCCN2CCNC2=O)c1. The van der Waals surface area contributed by atoms with E-state index in [1.54, 1.807) is 11.8 Å². The number of rotatable bonds is 5. The Morgan fingerprint density at radius 3 is 3.06 bits per heavy atom. The molecule has 1 aliphatic heterocycles. The van der Waals surface area contributed by atoms with Gasteiger partial charge in [-0.2, -0.15) is 0 Å². The molecule has 17 heavy (non-hydrogen) atoms. The molecule has 0 spiro atoms. The van der Waals surface area contributed by atoms with Crippen molar-refractivity contribution in [2.24, 2.45) is 5.73 Å². The van der Waals surface area contributed by atoms with Crippen LogP contribution in [0.4, 0.5) is 4.79 Å². The fraction of sp³-hybridized carbons (Fsp3) is 0.417. The van der Waals surface area contributed by atoms with E-state index in [4.69, 9.17) is 5.73 Å². The van der Waals surface area contributed by atoms with Crippen molar-refractivity contribution in [1.29, 1.82) is 0 Å². The highest BCUT2D eigenvalue weighted by Gasteiger charge is 2.18. The number of nitrogens with one attached hydrogen (secondary N) is 1. The summed E-state index contributed by atoms with van der Waals surface area (Å²) < 4.78 is 0. The molecule has 4 nitrogen and oxygen atoms in total. The first-order chi connectivity index (χ1) is 8.29. The number of nitrogens with zero attached hydrogens (tertiary/aromatic N) is 1. The largest absolute Gasteiger partial charge is 0.336 e. The number of carbonyl (C=O) groups excluding carboxylic acids is 1. The summed E-state index contributed by atoms with van der Waals surface area (Å²) in [7, 11) is 0. The lowest BCUT2D eigenvalue weighted by Gasteiger charge is -2.13. The van der Waals surface area contributed by atoms with E-state index in [1.807, 2.05) is 17.0 Å². The predicted octanol–water partition coefficient (Wildman–Crippen LogP) is 1.26. The maximum Gasteiger partial charge on any atom is 0.317 e. The third-order valence-electron chi connectivity index (χ3n) is 2.71. The maximum absolute atomic E-state index is 11.3. The lowest BCUT2D eigenvalue weighted by atomic mass is 10.2. The highest BCUT2D eigenvalue weighted by atomic mass is 32.2. The first-order valence-corrected chi connectivity index (χ1v) is 6.73. The van der Waals surface area contributed by atoms with Crippen molar-refractivity contribution in [2.45, 2.75) is 11.4 Å². The summed E-state index contributed by atoms with van der Waals surface area (Å²) in [6.45, 7) is 2.96. The van der Waals surface area contributed by atoms with Crippen LogP contribution in [0.5, 0.6) is 0 Å².